The molecule has 0 N–H and O–H groups in total. The summed E-state index contributed by atoms with van der Waals surface area (Å²) in [5.74, 6) is 0.861. The Balaban J connectivity index is 1.39. The molecule has 0 amide bonds. The largest absolute Gasteiger partial charge is 0.441 e. The van der Waals surface area contributed by atoms with Crippen LogP contribution in [0.25, 0.3) is 11.1 Å². The molecular weight excluding hydrogens is 302 g/mol. The zero-order valence-corrected chi connectivity index (χ0v) is 14.9. The summed E-state index contributed by atoms with van der Waals surface area (Å²) in [6, 6.07) is 8.58. The van der Waals surface area contributed by atoms with Crippen LogP contribution in [0.1, 0.15) is 26.2 Å². The lowest BCUT2D eigenvalue weighted by molar-refractivity contribution is 0.0489. The molecule has 0 bridgehead atoms. The highest BCUT2D eigenvalue weighted by atomic mass is 16.5. The summed E-state index contributed by atoms with van der Waals surface area (Å²) >= 11 is 0. The van der Waals surface area contributed by atoms with E-state index in [1.54, 1.807) is 0 Å². The summed E-state index contributed by atoms with van der Waals surface area (Å²) in [6.45, 7) is 11.6. The van der Waals surface area contributed by atoms with Gasteiger partial charge in [-0.1, -0.05) is 12.1 Å². The van der Waals surface area contributed by atoms with Gasteiger partial charge >= 0.3 is 0 Å². The molecule has 1 atom stereocenters. The van der Waals surface area contributed by atoms with Gasteiger partial charge < -0.3 is 14.1 Å². The molecule has 1 aromatic heterocycles. The van der Waals surface area contributed by atoms with E-state index in [0.717, 1.165) is 75.8 Å². The van der Waals surface area contributed by atoms with E-state index in [4.69, 9.17) is 9.15 Å². The number of hydrogen-bond acceptors (Lipinski definition) is 5. The molecule has 0 spiro atoms. The topological polar surface area (TPSA) is 41.7 Å². The van der Waals surface area contributed by atoms with Crippen molar-refractivity contribution in [1.29, 1.82) is 0 Å². The standard InChI is InChI=1S/C19H29N3O2/c1-3-23-14-13-22-12-11-21(15-16(22)2)10-6-9-19-20-17-7-4-5-8-18(17)24-19/h4-5,7-8,16H,3,6,9-15H2,1-2H3/t16-/m0/s1. The maximum atomic E-state index is 5.80. The number of benzene rings is 1. The van der Waals surface area contributed by atoms with E-state index in [1.165, 1.54) is 0 Å². The van der Waals surface area contributed by atoms with Gasteiger partial charge in [0.15, 0.2) is 11.5 Å². The summed E-state index contributed by atoms with van der Waals surface area (Å²) in [5.41, 5.74) is 1.85. The van der Waals surface area contributed by atoms with Crippen molar-refractivity contribution in [1.82, 2.24) is 14.8 Å². The lowest BCUT2D eigenvalue weighted by Crippen LogP contribution is -2.52. The van der Waals surface area contributed by atoms with E-state index in [1.807, 2.05) is 24.3 Å². The Kier molecular flexibility index (Phi) is 6.24. The molecule has 1 aromatic carbocycles. The average molecular weight is 331 g/mol. The van der Waals surface area contributed by atoms with Gasteiger partial charge in [-0.2, -0.15) is 0 Å². The minimum absolute atomic E-state index is 0.600. The number of ether oxygens (including phenoxy) is 1. The van der Waals surface area contributed by atoms with Crippen LogP contribution in [0.4, 0.5) is 0 Å². The number of aryl methyl sites for hydroxylation is 1. The molecule has 132 valence electrons. The molecule has 24 heavy (non-hydrogen) atoms. The third kappa shape index (κ3) is 4.56. The van der Waals surface area contributed by atoms with Gasteiger partial charge in [0.05, 0.1) is 6.61 Å². The Labute approximate surface area is 144 Å². The summed E-state index contributed by atoms with van der Waals surface area (Å²) in [5, 5.41) is 0. The molecule has 0 aliphatic carbocycles. The van der Waals surface area contributed by atoms with Gasteiger partial charge in [-0.15, -0.1) is 0 Å². The van der Waals surface area contributed by atoms with E-state index in [9.17, 15) is 0 Å². The SMILES string of the molecule is CCOCCN1CCN(CCCc2nc3ccccc3o2)C[C@@H]1C. The molecule has 5 heteroatoms. The number of piperazine rings is 1. The molecule has 1 fully saturated rings. The normalized spacial score (nSPS) is 20.0. The van der Waals surface area contributed by atoms with Crippen LogP contribution in [0.2, 0.25) is 0 Å². The van der Waals surface area contributed by atoms with Crippen molar-refractivity contribution < 1.29 is 9.15 Å². The molecule has 0 radical (unpaired) electrons. The highest BCUT2D eigenvalue weighted by Crippen LogP contribution is 2.16. The fraction of sp³-hybridized carbons (Fsp3) is 0.632. The van der Waals surface area contributed by atoms with Crippen molar-refractivity contribution in [3.63, 3.8) is 0 Å². The van der Waals surface area contributed by atoms with Crippen LogP contribution in [-0.4, -0.2) is 66.8 Å². The van der Waals surface area contributed by atoms with Crippen LogP contribution in [0, 0.1) is 0 Å². The first-order valence-corrected chi connectivity index (χ1v) is 9.15. The predicted molar refractivity (Wildman–Crippen MR) is 96.3 cm³/mol. The lowest BCUT2D eigenvalue weighted by Gasteiger charge is -2.39. The number of nitrogens with zero attached hydrogens (tertiary/aromatic N) is 3. The first-order chi connectivity index (χ1) is 11.8. The minimum atomic E-state index is 0.600. The van der Waals surface area contributed by atoms with Crippen molar-refractivity contribution in [2.45, 2.75) is 32.7 Å². The lowest BCUT2D eigenvalue weighted by atomic mass is 10.1. The van der Waals surface area contributed by atoms with Crippen LogP contribution in [0.15, 0.2) is 28.7 Å². The first-order valence-electron chi connectivity index (χ1n) is 9.15. The van der Waals surface area contributed by atoms with Gasteiger partial charge in [0.2, 0.25) is 0 Å². The molecule has 1 aliphatic rings. The number of aromatic nitrogens is 1. The van der Waals surface area contributed by atoms with E-state index < -0.39 is 0 Å². The zero-order chi connectivity index (χ0) is 16.8. The van der Waals surface area contributed by atoms with E-state index in [-0.39, 0.29) is 0 Å². The van der Waals surface area contributed by atoms with Crippen molar-refractivity contribution in [3.8, 4) is 0 Å². The van der Waals surface area contributed by atoms with Crippen molar-refractivity contribution in [2.75, 3.05) is 45.9 Å². The smallest absolute Gasteiger partial charge is 0.195 e. The highest BCUT2D eigenvalue weighted by molar-refractivity contribution is 5.72. The zero-order valence-electron chi connectivity index (χ0n) is 14.9. The first kappa shape index (κ1) is 17.4. The average Bonchev–Trinajstić information content (AvgIpc) is 2.99. The molecule has 0 saturated carbocycles. The summed E-state index contributed by atoms with van der Waals surface area (Å²) < 4.78 is 11.3. The Morgan fingerprint density at radius 2 is 2.12 bits per heavy atom. The third-order valence-electron chi connectivity index (χ3n) is 4.78. The second-order valence-corrected chi connectivity index (χ2v) is 6.56. The third-order valence-corrected chi connectivity index (χ3v) is 4.78. The van der Waals surface area contributed by atoms with Crippen LogP contribution < -0.4 is 0 Å². The van der Waals surface area contributed by atoms with Crippen LogP contribution in [0.3, 0.4) is 0 Å². The number of oxazole rings is 1. The van der Waals surface area contributed by atoms with Gasteiger partial charge in [0, 0.05) is 45.2 Å². The van der Waals surface area contributed by atoms with Crippen molar-refractivity contribution >= 4 is 11.1 Å². The van der Waals surface area contributed by atoms with Gasteiger partial charge in [-0.05, 0) is 38.9 Å². The number of fused-ring (bicyclic) bond motifs is 1. The molecular formula is C19H29N3O2. The van der Waals surface area contributed by atoms with Crippen LogP contribution in [-0.2, 0) is 11.2 Å². The number of rotatable bonds is 8. The van der Waals surface area contributed by atoms with E-state index in [0.29, 0.717) is 6.04 Å². The molecule has 2 heterocycles. The molecule has 3 rings (SSSR count). The van der Waals surface area contributed by atoms with Crippen LogP contribution >= 0.6 is 0 Å². The number of para-hydroxylation sites is 2. The highest BCUT2D eigenvalue weighted by Gasteiger charge is 2.22. The van der Waals surface area contributed by atoms with Gasteiger partial charge in [0.1, 0.15) is 5.52 Å². The molecule has 2 aromatic rings. The maximum absolute atomic E-state index is 5.80. The molecule has 5 nitrogen and oxygen atoms in total. The van der Waals surface area contributed by atoms with Crippen molar-refractivity contribution in [2.24, 2.45) is 0 Å². The van der Waals surface area contributed by atoms with Gasteiger partial charge in [-0.25, -0.2) is 4.98 Å². The van der Waals surface area contributed by atoms with E-state index >= 15 is 0 Å². The summed E-state index contributed by atoms with van der Waals surface area (Å²) in [4.78, 5) is 9.65. The molecule has 1 saturated heterocycles. The van der Waals surface area contributed by atoms with Crippen molar-refractivity contribution in [3.05, 3.63) is 30.2 Å². The molecule has 1 aliphatic heterocycles. The summed E-state index contributed by atoms with van der Waals surface area (Å²) in [7, 11) is 0. The van der Waals surface area contributed by atoms with E-state index in [2.05, 4.69) is 28.6 Å². The minimum Gasteiger partial charge on any atom is -0.441 e. The van der Waals surface area contributed by atoms with Crippen LogP contribution in [0.5, 0.6) is 0 Å². The molecule has 0 unspecified atom stereocenters. The quantitative estimate of drug-likeness (QED) is 0.696. The summed E-state index contributed by atoms with van der Waals surface area (Å²) in [6.07, 6.45) is 2.01. The Morgan fingerprint density at radius 1 is 1.25 bits per heavy atom. The Bertz CT molecular complexity index is 595. The monoisotopic (exact) mass is 331 g/mol. The predicted octanol–water partition coefficient (Wildman–Crippen LogP) is 2.80. The van der Waals surface area contributed by atoms with Gasteiger partial charge in [-0.3, -0.25) is 4.90 Å². The Hall–Kier alpha value is -1.43. The number of hydrogen-bond donors (Lipinski definition) is 0. The fourth-order valence-corrected chi connectivity index (χ4v) is 3.41. The Morgan fingerprint density at radius 3 is 2.92 bits per heavy atom. The van der Waals surface area contributed by atoms with Gasteiger partial charge in [0.25, 0.3) is 0 Å². The maximum Gasteiger partial charge on any atom is 0.195 e. The second kappa shape index (κ2) is 8.60. The fourth-order valence-electron chi connectivity index (χ4n) is 3.41. The second-order valence-electron chi connectivity index (χ2n) is 6.56.